The summed E-state index contributed by atoms with van der Waals surface area (Å²) in [6.07, 6.45) is 0. The van der Waals surface area contributed by atoms with Crippen LogP contribution in [0.25, 0.3) is 20.7 Å². The van der Waals surface area contributed by atoms with Gasteiger partial charge >= 0.3 is 0 Å². The number of hydrogen-bond acceptors (Lipinski definition) is 5. The third-order valence-corrected chi connectivity index (χ3v) is 5.79. The van der Waals surface area contributed by atoms with Gasteiger partial charge in [0.05, 0.1) is 12.4 Å². The van der Waals surface area contributed by atoms with Crippen LogP contribution in [0.5, 0.6) is 0 Å². The monoisotopic (exact) mass is 391 g/mol. The summed E-state index contributed by atoms with van der Waals surface area (Å²) in [5, 5.41) is 5.52. The topological polar surface area (TPSA) is 79.3 Å². The lowest BCUT2D eigenvalue weighted by molar-refractivity contribution is -0.886. The number of fused-ring (bicyclic) bond motifs is 1. The van der Waals surface area contributed by atoms with Gasteiger partial charge in [-0.15, -0.1) is 22.7 Å². The minimum atomic E-state index is -0.119. The summed E-state index contributed by atoms with van der Waals surface area (Å²) in [5.41, 5.74) is 0.826. The normalized spacial score (nSPS) is 12.7. The molecule has 138 valence electrons. The number of hydrogen-bond donors (Lipinski definition) is 3. The van der Waals surface area contributed by atoms with Gasteiger partial charge in [0.15, 0.2) is 12.4 Å². The predicted molar refractivity (Wildman–Crippen MR) is 107 cm³/mol. The van der Waals surface area contributed by atoms with E-state index < -0.39 is 0 Å². The van der Waals surface area contributed by atoms with Crippen LogP contribution in [0.15, 0.2) is 22.3 Å². The second-order valence-corrected chi connectivity index (χ2v) is 8.93. The maximum atomic E-state index is 12.6. The van der Waals surface area contributed by atoms with Crippen LogP contribution in [0.2, 0.25) is 0 Å². The van der Waals surface area contributed by atoms with Crippen molar-refractivity contribution in [2.24, 2.45) is 0 Å². The van der Waals surface area contributed by atoms with Gasteiger partial charge in [0, 0.05) is 26.7 Å². The Morgan fingerprint density at radius 1 is 1.38 bits per heavy atom. The fourth-order valence-electron chi connectivity index (χ4n) is 2.83. The van der Waals surface area contributed by atoms with Gasteiger partial charge in [0.2, 0.25) is 0 Å². The van der Waals surface area contributed by atoms with E-state index in [0.29, 0.717) is 24.3 Å². The van der Waals surface area contributed by atoms with Crippen molar-refractivity contribution in [3.63, 3.8) is 0 Å². The average molecular weight is 392 g/mol. The quantitative estimate of drug-likeness (QED) is 0.597. The van der Waals surface area contributed by atoms with E-state index in [9.17, 15) is 9.59 Å². The van der Waals surface area contributed by atoms with E-state index in [0.717, 1.165) is 20.2 Å². The van der Waals surface area contributed by atoms with E-state index in [4.69, 9.17) is 0 Å². The van der Waals surface area contributed by atoms with E-state index in [1.807, 2.05) is 32.3 Å². The molecular formula is C18H23N4O2S2+. The highest BCUT2D eigenvalue weighted by Gasteiger charge is 2.17. The average Bonchev–Trinajstić information content (AvgIpc) is 3.12. The number of likely N-dealkylation sites (N-methyl/N-ethyl adjacent to an activating group) is 1. The third kappa shape index (κ3) is 4.20. The van der Waals surface area contributed by atoms with Gasteiger partial charge in [0.25, 0.3) is 11.5 Å². The van der Waals surface area contributed by atoms with Gasteiger partial charge in [-0.3, -0.25) is 9.59 Å². The number of nitrogens with one attached hydrogen (secondary N) is 3. The SMILES string of the molecule is Cc1ccc(-c2csc3nc(C[NH+](C)CC(=O)NC(C)C)[nH]c(=O)c23)s1. The lowest BCUT2D eigenvalue weighted by Gasteiger charge is -2.14. The molecule has 0 fully saturated rings. The lowest BCUT2D eigenvalue weighted by atomic mass is 10.2. The molecule has 0 aliphatic heterocycles. The van der Waals surface area contributed by atoms with Crippen LogP contribution in [0.1, 0.15) is 24.5 Å². The molecule has 6 nitrogen and oxygen atoms in total. The molecule has 0 saturated carbocycles. The first-order chi connectivity index (χ1) is 12.3. The van der Waals surface area contributed by atoms with Crippen LogP contribution in [0, 0.1) is 6.92 Å². The Hall–Kier alpha value is -2.03. The third-order valence-electron chi connectivity index (χ3n) is 3.88. The molecule has 3 aromatic heterocycles. The molecule has 0 bridgehead atoms. The Morgan fingerprint density at radius 3 is 2.81 bits per heavy atom. The Morgan fingerprint density at radius 2 is 2.15 bits per heavy atom. The second kappa shape index (κ2) is 7.69. The number of aryl methyl sites for hydroxylation is 1. The number of amides is 1. The zero-order valence-electron chi connectivity index (χ0n) is 15.3. The Kier molecular flexibility index (Phi) is 5.55. The fraction of sp³-hybridized carbons (Fsp3) is 0.389. The molecule has 3 N–H and O–H groups in total. The molecule has 8 heteroatoms. The van der Waals surface area contributed by atoms with Crippen molar-refractivity contribution in [2.45, 2.75) is 33.4 Å². The second-order valence-electron chi connectivity index (χ2n) is 6.79. The van der Waals surface area contributed by atoms with Crippen molar-refractivity contribution in [1.82, 2.24) is 15.3 Å². The molecule has 1 atom stereocenters. The van der Waals surface area contributed by atoms with Crippen molar-refractivity contribution >= 4 is 38.8 Å². The smallest absolute Gasteiger partial charge is 0.275 e. The molecular weight excluding hydrogens is 368 g/mol. The van der Waals surface area contributed by atoms with Crippen LogP contribution >= 0.6 is 22.7 Å². The molecule has 0 aliphatic rings. The van der Waals surface area contributed by atoms with Gasteiger partial charge in [-0.05, 0) is 32.9 Å². The maximum Gasteiger partial charge on any atom is 0.275 e. The molecule has 3 rings (SSSR count). The molecule has 3 heterocycles. The zero-order valence-corrected chi connectivity index (χ0v) is 16.9. The van der Waals surface area contributed by atoms with Gasteiger partial charge in [-0.2, -0.15) is 0 Å². The summed E-state index contributed by atoms with van der Waals surface area (Å²) < 4.78 is 0. The molecule has 26 heavy (non-hydrogen) atoms. The highest BCUT2D eigenvalue weighted by Crippen LogP contribution is 2.34. The Labute approximate surface area is 159 Å². The van der Waals surface area contributed by atoms with Crippen molar-refractivity contribution in [1.29, 1.82) is 0 Å². The molecule has 0 radical (unpaired) electrons. The highest BCUT2D eigenvalue weighted by molar-refractivity contribution is 7.19. The van der Waals surface area contributed by atoms with Crippen molar-refractivity contribution < 1.29 is 9.69 Å². The Balaban J connectivity index is 1.82. The van der Waals surface area contributed by atoms with Gasteiger partial charge in [-0.25, -0.2) is 4.98 Å². The first-order valence-corrected chi connectivity index (χ1v) is 10.2. The van der Waals surface area contributed by atoms with E-state index >= 15 is 0 Å². The van der Waals surface area contributed by atoms with Gasteiger partial charge in [-0.1, -0.05) is 0 Å². The van der Waals surface area contributed by atoms with Crippen LogP contribution in [0.4, 0.5) is 0 Å². The van der Waals surface area contributed by atoms with Crippen LogP contribution in [0.3, 0.4) is 0 Å². The molecule has 0 aromatic carbocycles. The predicted octanol–water partition coefficient (Wildman–Crippen LogP) is 1.56. The highest BCUT2D eigenvalue weighted by atomic mass is 32.1. The number of carbonyl (C=O) groups excluding carboxylic acids is 1. The summed E-state index contributed by atoms with van der Waals surface area (Å²) in [5.74, 6) is 0.598. The summed E-state index contributed by atoms with van der Waals surface area (Å²) in [6.45, 7) is 6.75. The van der Waals surface area contributed by atoms with E-state index in [-0.39, 0.29) is 17.5 Å². The first kappa shape index (κ1) is 18.8. The molecule has 0 aliphatic carbocycles. The minimum Gasteiger partial charge on any atom is -0.349 e. The lowest BCUT2D eigenvalue weighted by Crippen LogP contribution is -3.09. The van der Waals surface area contributed by atoms with Gasteiger partial charge < -0.3 is 15.2 Å². The molecule has 3 aromatic rings. The van der Waals surface area contributed by atoms with Gasteiger partial charge in [0.1, 0.15) is 11.4 Å². The number of nitrogens with zero attached hydrogens (tertiary/aromatic N) is 1. The molecule has 1 unspecified atom stereocenters. The number of rotatable bonds is 6. The largest absolute Gasteiger partial charge is 0.349 e. The number of carbonyl (C=O) groups is 1. The van der Waals surface area contributed by atoms with E-state index in [1.165, 1.54) is 16.2 Å². The number of aromatic nitrogens is 2. The van der Waals surface area contributed by atoms with Crippen molar-refractivity contribution in [3.05, 3.63) is 38.6 Å². The van der Waals surface area contributed by atoms with Crippen LogP contribution < -0.4 is 15.8 Å². The fourth-order valence-corrected chi connectivity index (χ4v) is 4.76. The minimum absolute atomic E-state index is 0.00704. The standard InChI is InChI=1S/C18H22N4O2S2/c1-10(2)19-15(23)8-22(4)7-14-20-17(24)16-12(9-25-18(16)21-14)13-6-5-11(3)26-13/h5-6,9-10H,7-8H2,1-4H3,(H,19,23)(H,20,21,24)/p+1. The molecule has 1 amide bonds. The summed E-state index contributed by atoms with van der Waals surface area (Å²) >= 11 is 3.16. The van der Waals surface area contributed by atoms with Crippen LogP contribution in [-0.4, -0.2) is 35.5 Å². The Bertz CT molecular complexity index is 987. The molecule has 0 saturated heterocycles. The van der Waals surface area contributed by atoms with Crippen LogP contribution in [-0.2, 0) is 11.3 Å². The number of H-pyrrole nitrogens is 1. The summed E-state index contributed by atoms with van der Waals surface area (Å²) in [4.78, 5) is 36.0. The number of thiophene rings is 2. The van der Waals surface area contributed by atoms with E-state index in [2.05, 4.69) is 28.3 Å². The summed E-state index contributed by atoms with van der Waals surface area (Å²) in [6, 6.07) is 4.22. The molecule has 0 spiro atoms. The number of aromatic amines is 1. The number of quaternary nitrogens is 1. The summed E-state index contributed by atoms with van der Waals surface area (Å²) in [7, 11) is 1.92. The van der Waals surface area contributed by atoms with Crippen molar-refractivity contribution in [3.8, 4) is 10.4 Å². The first-order valence-electron chi connectivity index (χ1n) is 8.51. The zero-order chi connectivity index (χ0) is 18.8. The van der Waals surface area contributed by atoms with Crippen molar-refractivity contribution in [2.75, 3.05) is 13.6 Å². The van der Waals surface area contributed by atoms with E-state index in [1.54, 1.807) is 11.3 Å². The maximum absolute atomic E-state index is 12.6.